The Balaban J connectivity index is 1.92. The van der Waals surface area contributed by atoms with Crippen LogP contribution in [-0.2, 0) is 0 Å². The highest BCUT2D eigenvalue weighted by Gasteiger charge is 2.37. The van der Waals surface area contributed by atoms with Crippen molar-refractivity contribution in [2.24, 2.45) is 0 Å². The van der Waals surface area contributed by atoms with Gasteiger partial charge in [0.2, 0.25) is 0 Å². The summed E-state index contributed by atoms with van der Waals surface area (Å²) in [5.74, 6) is 6.30. The number of hydrogen-bond acceptors (Lipinski definition) is 2. The van der Waals surface area contributed by atoms with Crippen LogP contribution >= 0.6 is 0 Å². The van der Waals surface area contributed by atoms with Gasteiger partial charge in [0.25, 0.3) is 0 Å². The Bertz CT molecular complexity index is 275. The summed E-state index contributed by atoms with van der Waals surface area (Å²) in [5, 5.41) is 3.71. The molecule has 2 atom stereocenters. The summed E-state index contributed by atoms with van der Waals surface area (Å²) in [6.45, 7) is 6.37. The molecule has 0 aliphatic carbocycles. The minimum atomic E-state index is 0.760. The number of hydrogen-bond donors (Lipinski definition) is 1. The molecule has 2 heterocycles. The number of piperidine rings is 2. The van der Waals surface area contributed by atoms with Gasteiger partial charge in [-0.05, 0) is 45.6 Å². The molecule has 0 aromatic rings. The average molecular weight is 234 g/mol. The van der Waals surface area contributed by atoms with Crippen molar-refractivity contribution in [3.63, 3.8) is 0 Å². The van der Waals surface area contributed by atoms with Gasteiger partial charge in [-0.25, -0.2) is 0 Å². The summed E-state index contributed by atoms with van der Waals surface area (Å²) in [4.78, 5) is 2.67. The quantitative estimate of drug-likeness (QED) is 0.751. The Hall–Kier alpha value is -0.520. The molecular weight excluding hydrogens is 208 g/mol. The van der Waals surface area contributed by atoms with Crippen molar-refractivity contribution in [2.45, 2.75) is 70.5 Å². The fourth-order valence-electron chi connectivity index (χ4n) is 3.42. The molecule has 2 fully saturated rings. The van der Waals surface area contributed by atoms with Crippen LogP contribution in [0.4, 0.5) is 0 Å². The van der Waals surface area contributed by atoms with Crippen LogP contribution in [0.3, 0.4) is 0 Å². The molecule has 2 unspecified atom stereocenters. The van der Waals surface area contributed by atoms with Gasteiger partial charge in [0.1, 0.15) is 0 Å². The third kappa shape index (κ3) is 3.24. The fraction of sp³-hybridized carbons (Fsp3) is 0.867. The van der Waals surface area contributed by atoms with Crippen molar-refractivity contribution in [3.8, 4) is 11.8 Å². The van der Waals surface area contributed by atoms with Crippen LogP contribution in [0.2, 0.25) is 0 Å². The topological polar surface area (TPSA) is 15.3 Å². The van der Waals surface area contributed by atoms with Crippen LogP contribution in [-0.4, -0.2) is 36.1 Å². The molecule has 2 rings (SSSR count). The van der Waals surface area contributed by atoms with E-state index in [0.717, 1.165) is 24.7 Å². The van der Waals surface area contributed by atoms with Crippen molar-refractivity contribution < 1.29 is 0 Å². The predicted molar refractivity (Wildman–Crippen MR) is 72.9 cm³/mol. The summed E-state index contributed by atoms with van der Waals surface area (Å²) < 4.78 is 0. The molecule has 0 spiro atoms. The maximum absolute atomic E-state index is 3.71. The van der Waals surface area contributed by atoms with Gasteiger partial charge in [-0.3, -0.25) is 4.90 Å². The molecule has 2 nitrogen and oxygen atoms in total. The SMILES string of the molecule is CC#CCN1C2CCCC1CC(NCCC)C2. The van der Waals surface area contributed by atoms with E-state index >= 15 is 0 Å². The molecule has 96 valence electrons. The van der Waals surface area contributed by atoms with Crippen molar-refractivity contribution in [1.29, 1.82) is 0 Å². The molecule has 0 amide bonds. The van der Waals surface area contributed by atoms with Gasteiger partial charge in [0.05, 0.1) is 6.54 Å². The molecular formula is C15H26N2. The van der Waals surface area contributed by atoms with Crippen LogP contribution in [0.25, 0.3) is 0 Å². The van der Waals surface area contributed by atoms with Gasteiger partial charge in [0, 0.05) is 18.1 Å². The molecule has 0 saturated carbocycles. The van der Waals surface area contributed by atoms with E-state index in [0.29, 0.717) is 0 Å². The first-order valence-corrected chi connectivity index (χ1v) is 7.24. The van der Waals surface area contributed by atoms with Crippen molar-refractivity contribution in [1.82, 2.24) is 10.2 Å². The Labute approximate surface area is 106 Å². The van der Waals surface area contributed by atoms with E-state index in [2.05, 4.69) is 29.0 Å². The van der Waals surface area contributed by atoms with Gasteiger partial charge in [-0.2, -0.15) is 0 Å². The Morgan fingerprint density at radius 1 is 1.24 bits per heavy atom. The largest absolute Gasteiger partial charge is 0.314 e. The highest BCUT2D eigenvalue weighted by atomic mass is 15.2. The maximum atomic E-state index is 3.71. The lowest BCUT2D eigenvalue weighted by molar-refractivity contribution is 0.0368. The molecule has 2 bridgehead atoms. The molecule has 2 saturated heterocycles. The number of fused-ring (bicyclic) bond motifs is 2. The molecule has 1 N–H and O–H groups in total. The van der Waals surface area contributed by atoms with Crippen LogP contribution in [0.1, 0.15) is 52.4 Å². The third-order valence-corrected chi connectivity index (χ3v) is 4.25. The second-order valence-corrected chi connectivity index (χ2v) is 5.46. The maximum Gasteiger partial charge on any atom is 0.0606 e. The zero-order chi connectivity index (χ0) is 12.1. The Kier molecular flexibility index (Phi) is 4.88. The first-order valence-electron chi connectivity index (χ1n) is 7.24. The van der Waals surface area contributed by atoms with Crippen molar-refractivity contribution in [3.05, 3.63) is 0 Å². The van der Waals surface area contributed by atoms with Crippen molar-refractivity contribution in [2.75, 3.05) is 13.1 Å². The van der Waals surface area contributed by atoms with Crippen molar-refractivity contribution >= 4 is 0 Å². The zero-order valence-corrected chi connectivity index (χ0v) is 11.3. The molecule has 2 aliphatic heterocycles. The average Bonchev–Trinajstić information content (AvgIpc) is 2.33. The molecule has 2 heteroatoms. The molecule has 17 heavy (non-hydrogen) atoms. The van der Waals surface area contributed by atoms with Gasteiger partial charge < -0.3 is 5.32 Å². The smallest absolute Gasteiger partial charge is 0.0606 e. The first-order chi connectivity index (χ1) is 8.35. The zero-order valence-electron chi connectivity index (χ0n) is 11.3. The lowest BCUT2D eigenvalue weighted by Gasteiger charge is -2.48. The minimum absolute atomic E-state index is 0.760. The lowest BCUT2D eigenvalue weighted by atomic mass is 9.81. The number of rotatable bonds is 4. The van der Waals surface area contributed by atoms with Crippen LogP contribution < -0.4 is 5.32 Å². The van der Waals surface area contributed by atoms with E-state index in [9.17, 15) is 0 Å². The first kappa shape index (κ1) is 12.9. The standard InChI is InChI=1S/C15H26N2/c1-3-5-10-17-14-7-6-8-15(17)12-13(11-14)16-9-4-2/h13-16H,4,6-12H2,1-2H3. The summed E-state index contributed by atoms with van der Waals surface area (Å²) in [5.41, 5.74) is 0. The summed E-state index contributed by atoms with van der Waals surface area (Å²) in [6, 6.07) is 2.34. The molecule has 2 aliphatic rings. The van der Waals surface area contributed by atoms with Gasteiger partial charge in [-0.15, -0.1) is 5.92 Å². The van der Waals surface area contributed by atoms with Gasteiger partial charge in [0.15, 0.2) is 0 Å². The highest BCUT2D eigenvalue weighted by Crippen LogP contribution is 2.33. The second kappa shape index (κ2) is 6.42. The fourth-order valence-corrected chi connectivity index (χ4v) is 3.42. The summed E-state index contributed by atoms with van der Waals surface area (Å²) >= 11 is 0. The van der Waals surface area contributed by atoms with E-state index in [1.165, 1.54) is 45.1 Å². The normalized spacial score (nSPS) is 32.9. The Morgan fingerprint density at radius 2 is 1.94 bits per heavy atom. The van der Waals surface area contributed by atoms with Gasteiger partial charge in [-0.1, -0.05) is 19.3 Å². The van der Waals surface area contributed by atoms with E-state index in [-0.39, 0.29) is 0 Å². The predicted octanol–water partition coefficient (Wildman–Crippen LogP) is 2.39. The van der Waals surface area contributed by atoms with E-state index in [1.807, 2.05) is 6.92 Å². The molecule has 0 aromatic carbocycles. The van der Waals surface area contributed by atoms with Gasteiger partial charge >= 0.3 is 0 Å². The lowest BCUT2D eigenvalue weighted by Crippen LogP contribution is -2.56. The minimum Gasteiger partial charge on any atom is -0.314 e. The summed E-state index contributed by atoms with van der Waals surface area (Å²) in [7, 11) is 0. The number of nitrogens with one attached hydrogen (secondary N) is 1. The van der Waals surface area contributed by atoms with E-state index < -0.39 is 0 Å². The highest BCUT2D eigenvalue weighted by molar-refractivity contribution is 5.03. The van der Waals surface area contributed by atoms with E-state index in [1.54, 1.807) is 0 Å². The van der Waals surface area contributed by atoms with E-state index in [4.69, 9.17) is 0 Å². The van der Waals surface area contributed by atoms with Crippen LogP contribution in [0.5, 0.6) is 0 Å². The molecule has 0 aromatic heterocycles. The summed E-state index contributed by atoms with van der Waals surface area (Å²) in [6.07, 6.45) is 8.10. The number of nitrogens with zero attached hydrogens (tertiary/aromatic N) is 1. The second-order valence-electron chi connectivity index (χ2n) is 5.46. The molecule has 0 radical (unpaired) electrons. The van der Waals surface area contributed by atoms with Crippen LogP contribution in [0, 0.1) is 11.8 Å². The Morgan fingerprint density at radius 3 is 2.53 bits per heavy atom. The van der Waals surface area contributed by atoms with Crippen LogP contribution in [0.15, 0.2) is 0 Å². The monoisotopic (exact) mass is 234 g/mol. The third-order valence-electron chi connectivity index (χ3n) is 4.25.